The summed E-state index contributed by atoms with van der Waals surface area (Å²) in [6.07, 6.45) is 1.28. The van der Waals surface area contributed by atoms with Crippen LogP contribution in [0, 0.1) is 0 Å². The monoisotopic (exact) mass is 316 g/mol. The van der Waals surface area contributed by atoms with Gasteiger partial charge >= 0.3 is 0 Å². The zero-order valence-corrected chi connectivity index (χ0v) is 13.9. The molecule has 2 unspecified atom stereocenters. The molecule has 0 bridgehead atoms. The van der Waals surface area contributed by atoms with Gasteiger partial charge in [-0.05, 0) is 24.1 Å². The number of hydrogen-bond acceptors (Lipinski definition) is 5. The molecule has 6 nitrogen and oxygen atoms in total. The topological polar surface area (TPSA) is 63.4 Å². The minimum absolute atomic E-state index is 0.168. The summed E-state index contributed by atoms with van der Waals surface area (Å²) in [5, 5.41) is 18.7. The van der Waals surface area contributed by atoms with Crippen LogP contribution in [0.15, 0.2) is 24.3 Å². The highest BCUT2D eigenvalue weighted by atomic mass is 16.5. The van der Waals surface area contributed by atoms with Gasteiger partial charge in [-0.1, -0.05) is 19.1 Å². The van der Waals surface area contributed by atoms with Gasteiger partial charge in [-0.2, -0.15) is 0 Å². The van der Waals surface area contributed by atoms with Gasteiger partial charge in [0.1, 0.15) is 17.4 Å². The van der Waals surface area contributed by atoms with Gasteiger partial charge in [0.25, 0.3) is 0 Å². The van der Waals surface area contributed by atoms with E-state index in [1.807, 2.05) is 29.8 Å². The largest absolute Gasteiger partial charge is 0.497 e. The Bertz CT molecular complexity index is 670. The Hall–Kier alpha value is -1.92. The van der Waals surface area contributed by atoms with E-state index >= 15 is 0 Å². The third kappa shape index (κ3) is 3.23. The van der Waals surface area contributed by atoms with Crippen LogP contribution in [0.5, 0.6) is 5.75 Å². The van der Waals surface area contributed by atoms with Gasteiger partial charge in [0.2, 0.25) is 0 Å². The zero-order chi connectivity index (χ0) is 16.4. The van der Waals surface area contributed by atoms with Gasteiger partial charge in [-0.15, -0.1) is 10.2 Å². The van der Waals surface area contributed by atoms with Gasteiger partial charge < -0.3 is 14.4 Å². The highest BCUT2D eigenvalue weighted by molar-refractivity contribution is 5.31. The molecule has 1 aliphatic heterocycles. The Morgan fingerprint density at radius 2 is 2.09 bits per heavy atom. The number of β-amino-alcohol motifs (C(OH)–C–C–N with tert-alkyl or cyclic N) is 1. The summed E-state index contributed by atoms with van der Waals surface area (Å²) >= 11 is 0. The first kappa shape index (κ1) is 16.0. The summed E-state index contributed by atoms with van der Waals surface area (Å²) in [6.45, 7) is 3.41. The first-order valence-corrected chi connectivity index (χ1v) is 8.05. The van der Waals surface area contributed by atoms with Crippen molar-refractivity contribution >= 4 is 0 Å². The smallest absolute Gasteiger partial charge is 0.146 e. The molecule has 0 amide bonds. The molecule has 1 N–H and O–H groups in total. The van der Waals surface area contributed by atoms with E-state index in [2.05, 4.69) is 28.1 Å². The molecule has 0 saturated carbocycles. The summed E-state index contributed by atoms with van der Waals surface area (Å²) < 4.78 is 7.37. The number of methoxy groups -OCH3 is 1. The molecule has 23 heavy (non-hydrogen) atoms. The van der Waals surface area contributed by atoms with Gasteiger partial charge in [0.15, 0.2) is 0 Å². The van der Waals surface area contributed by atoms with Crippen LogP contribution in [0.1, 0.15) is 36.6 Å². The molecule has 3 rings (SSSR count). The number of aliphatic hydroxyl groups is 1. The number of likely N-dealkylation sites (tertiary alicyclic amines) is 1. The van der Waals surface area contributed by atoms with E-state index < -0.39 is 0 Å². The second-order valence-corrected chi connectivity index (χ2v) is 6.06. The number of aryl methyl sites for hydroxylation is 1. The molecule has 1 aromatic heterocycles. The van der Waals surface area contributed by atoms with Crippen molar-refractivity contribution in [2.75, 3.05) is 13.7 Å². The van der Waals surface area contributed by atoms with Crippen molar-refractivity contribution in [1.29, 1.82) is 0 Å². The fourth-order valence-electron chi connectivity index (χ4n) is 3.28. The SMILES string of the molecule is CCc1nnc(CN2CC(O)CC2c2cccc(OC)c2)n1C. The highest BCUT2D eigenvalue weighted by Crippen LogP contribution is 2.34. The maximum atomic E-state index is 10.1. The molecule has 6 heteroatoms. The summed E-state index contributed by atoms with van der Waals surface area (Å²) in [5.41, 5.74) is 1.17. The molecule has 0 aliphatic carbocycles. The van der Waals surface area contributed by atoms with E-state index in [-0.39, 0.29) is 12.1 Å². The lowest BCUT2D eigenvalue weighted by Gasteiger charge is -2.24. The predicted molar refractivity (Wildman–Crippen MR) is 87.1 cm³/mol. The summed E-state index contributed by atoms with van der Waals surface area (Å²) in [5.74, 6) is 2.76. The van der Waals surface area contributed by atoms with Crippen LogP contribution in [0.3, 0.4) is 0 Å². The van der Waals surface area contributed by atoms with Gasteiger partial charge in [-0.25, -0.2) is 0 Å². The minimum atomic E-state index is -0.315. The second kappa shape index (κ2) is 6.68. The molecule has 1 fully saturated rings. The lowest BCUT2D eigenvalue weighted by Crippen LogP contribution is -2.26. The first-order chi connectivity index (χ1) is 11.1. The molecule has 2 aromatic rings. The number of aliphatic hydroxyl groups excluding tert-OH is 1. The zero-order valence-electron chi connectivity index (χ0n) is 13.9. The van der Waals surface area contributed by atoms with Crippen molar-refractivity contribution < 1.29 is 9.84 Å². The van der Waals surface area contributed by atoms with E-state index in [1.165, 1.54) is 5.56 Å². The molecular weight excluding hydrogens is 292 g/mol. The predicted octanol–water partition coefficient (Wildman–Crippen LogP) is 1.69. The fourth-order valence-corrected chi connectivity index (χ4v) is 3.28. The maximum Gasteiger partial charge on any atom is 0.146 e. The van der Waals surface area contributed by atoms with Crippen LogP contribution in [-0.2, 0) is 20.0 Å². The number of benzene rings is 1. The van der Waals surface area contributed by atoms with E-state index in [9.17, 15) is 5.11 Å². The molecule has 2 atom stereocenters. The quantitative estimate of drug-likeness (QED) is 0.909. The minimum Gasteiger partial charge on any atom is -0.497 e. The second-order valence-electron chi connectivity index (χ2n) is 6.06. The van der Waals surface area contributed by atoms with E-state index in [0.29, 0.717) is 13.1 Å². The van der Waals surface area contributed by atoms with Crippen molar-refractivity contribution in [3.05, 3.63) is 41.5 Å². The van der Waals surface area contributed by atoms with E-state index in [1.54, 1.807) is 7.11 Å². The molecule has 1 aliphatic rings. The lowest BCUT2D eigenvalue weighted by molar-refractivity contribution is 0.170. The Balaban J connectivity index is 1.83. The highest BCUT2D eigenvalue weighted by Gasteiger charge is 2.33. The van der Waals surface area contributed by atoms with Crippen molar-refractivity contribution in [2.45, 2.75) is 38.5 Å². The Labute approximate surface area is 136 Å². The lowest BCUT2D eigenvalue weighted by atomic mass is 10.0. The number of rotatable bonds is 5. The van der Waals surface area contributed by atoms with Crippen LogP contribution < -0.4 is 4.74 Å². The van der Waals surface area contributed by atoms with Crippen LogP contribution >= 0.6 is 0 Å². The fraction of sp³-hybridized carbons (Fsp3) is 0.529. The number of hydrogen-bond donors (Lipinski definition) is 1. The van der Waals surface area contributed by atoms with Gasteiger partial charge in [-0.3, -0.25) is 4.90 Å². The molecular formula is C17H24N4O2. The summed E-state index contributed by atoms with van der Waals surface area (Å²) in [7, 11) is 3.67. The van der Waals surface area contributed by atoms with E-state index in [0.717, 1.165) is 30.2 Å². The Morgan fingerprint density at radius 3 is 2.78 bits per heavy atom. The summed E-state index contributed by atoms with van der Waals surface area (Å²) in [4.78, 5) is 2.27. The van der Waals surface area contributed by atoms with Gasteiger partial charge in [0.05, 0.1) is 19.8 Å². The third-order valence-corrected chi connectivity index (χ3v) is 4.58. The summed E-state index contributed by atoms with van der Waals surface area (Å²) in [6, 6.07) is 8.24. The Kier molecular flexibility index (Phi) is 4.63. The third-order valence-electron chi connectivity index (χ3n) is 4.58. The standard InChI is InChI=1S/C17H24N4O2/c1-4-16-18-19-17(20(16)2)11-21-10-13(22)9-15(21)12-6-5-7-14(8-12)23-3/h5-8,13,15,22H,4,9-11H2,1-3H3. The van der Waals surface area contributed by atoms with Crippen LogP contribution in [0.2, 0.25) is 0 Å². The van der Waals surface area contributed by atoms with Crippen molar-refractivity contribution in [1.82, 2.24) is 19.7 Å². The van der Waals surface area contributed by atoms with Crippen LogP contribution in [0.4, 0.5) is 0 Å². The molecule has 1 aromatic carbocycles. The Morgan fingerprint density at radius 1 is 1.30 bits per heavy atom. The first-order valence-electron chi connectivity index (χ1n) is 8.05. The molecule has 124 valence electrons. The van der Waals surface area contributed by atoms with Crippen molar-refractivity contribution in [3.63, 3.8) is 0 Å². The molecule has 1 saturated heterocycles. The average Bonchev–Trinajstić information content (AvgIpc) is 3.11. The maximum absolute atomic E-state index is 10.1. The molecule has 0 radical (unpaired) electrons. The number of nitrogens with zero attached hydrogens (tertiary/aromatic N) is 4. The van der Waals surface area contributed by atoms with Crippen LogP contribution in [-0.4, -0.2) is 44.5 Å². The average molecular weight is 316 g/mol. The van der Waals surface area contributed by atoms with Gasteiger partial charge in [0, 0.05) is 26.1 Å². The van der Waals surface area contributed by atoms with Crippen LogP contribution in [0.25, 0.3) is 0 Å². The normalized spacial score (nSPS) is 21.7. The van der Waals surface area contributed by atoms with Crippen molar-refractivity contribution in [3.8, 4) is 5.75 Å². The molecule has 0 spiro atoms. The van der Waals surface area contributed by atoms with E-state index in [4.69, 9.17) is 4.74 Å². The number of ether oxygens (including phenoxy) is 1. The number of aromatic nitrogens is 3. The molecule has 2 heterocycles. The van der Waals surface area contributed by atoms with Crippen molar-refractivity contribution in [2.24, 2.45) is 7.05 Å².